The zero-order valence-electron chi connectivity index (χ0n) is 9.92. The fourth-order valence-corrected chi connectivity index (χ4v) is 1.80. The van der Waals surface area contributed by atoms with Crippen LogP contribution in [-0.2, 0) is 0 Å². The van der Waals surface area contributed by atoms with E-state index in [1.165, 1.54) is 0 Å². The normalized spacial score (nSPS) is 10.3. The van der Waals surface area contributed by atoms with E-state index >= 15 is 0 Å². The van der Waals surface area contributed by atoms with E-state index in [0.29, 0.717) is 34.1 Å². The van der Waals surface area contributed by atoms with Crippen LogP contribution in [0, 0.1) is 11.3 Å². The second-order valence-corrected chi connectivity index (χ2v) is 4.03. The molecule has 0 saturated carbocycles. The molecule has 3 aromatic rings. The van der Waals surface area contributed by atoms with Gasteiger partial charge in [-0.1, -0.05) is 12.1 Å². The van der Waals surface area contributed by atoms with Crippen molar-refractivity contribution in [1.29, 1.82) is 5.26 Å². The first kappa shape index (κ1) is 11.1. The van der Waals surface area contributed by atoms with Gasteiger partial charge in [-0.3, -0.25) is 0 Å². The Morgan fingerprint density at radius 3 is 2.89 bits per heavy atom. The summed E-state index contributed by atoms with van der Waals surface area (Å²) in [6.45, 7) is 0. The van der Waals surface area contributed by atoms with Gasteiger partial charge in [0.1, 0.15) is 11.6 Å². The lowest BCUT2D eigenvalue weighted by molar-refractivity contribution is 0.623. The molecule has 0 fully saturated rings. The van der Waals surface area contributed by atoms with Gasteiger partial charge in [0.2, 0.25) is 0 Å². The number of oxazole rings is 1. The number of aromatic nitrogens is 1. The minimum atomic E-state index is 0.336. The van der Waals surface area contributed by atoms with Gasteiger partial charge in [0.15, 0.2) is 5.58 Å². The maximum absolute atomic E-state index is 9.02. The van der Waals surface area contributed by atoms with Gasteiger partial charge in [0.05, 0.1) is 11.3 Å². The minimum Gasteiger partial charge on any atom is -0.423 e. The molecule has 19 heavy (non-hydrogen) atoms. The quantitative estimate of drug-likeness (QED) is 0.682. The van der Waals surface area contributed by atoms with Crippen molar-refractivity contribution in [1.82, 2.24) is 4.98 Å². The van der Waals surface area contributed by atoms with Crippen LogP contribution in [0.25, 0.3) is 11.1 Å². The molecule has 1 aromatic heterocycles. The number of nitrogens with two attached hydrogens (primary N) is 1. The Morgan fingerprint density at radius 1 is 1.21 bits per heavy atom. The number of benzene rings is 2. The molecule has 0 atom stereocenters. The van der Waals surface area contributed by atoms with Crippen LogP contribution in [0.5, 0.6) is 0 Å². The summed E-state index contributed by atoms with van der Waals surface area (Å²) in [6.07, 6.45) is 0. The molecule has 0 saturated heterocycles. The molecule has 3 N–H and O–H groups in total. The zero-order valence-corrected chi connectivity index (χ0v) is 9.92. The monoisotopic (exact) mass is 250 g/mol. The molecule has 0 radical (unpaired) electrons. The third-order valence-corrected chi connectivity index (χ3v) is 2.70. The average molecular weight is 250 g/mol. The predicted molar refractivity (Wildman–Crippen MR) is 72.9 cm³/mol. The van der Waals surface area contributed by atoms with E-state index < -0.39 is 0 Å². The van der Waals surface area contributed by atoms with Gasteiger partial charge in [-0.15, -0.1) is 0 Å². The molecule has 0 aliphatic rings. The Balaban J connectivity index is 1.99. The van der Waals surface area contributed by atoms with Crippen LogP contribution in [0.1, 0.15) is 5.56 Å². The van der Waals surface area contributed by atoms with Crippen molar-refractivity contribution in [3.8, 4) is 6.07 Å². The van der Waals surface area contributed by atoms with Crippen molar-refractivity contribution in [2.75, 3.05) is 11.1 Å². The smallest absolute Gasteiger partial charge is 0.300 e. The van der Waals surface area contributed by atoms with Crippen LogP contribution in [0.4, 0.5) is 17.4 Å². The topological polar surface area (TPSA) is 87.9 Å². The maximum atomic E-state index is 9.02. The van der Waals surface area contributed by atoms with Crippen LogP contribution in [0.2, 0.25) is 0 Å². The summed E-state index contributed by atoms with van der Waals surface area (Å²) in [5.41, 5.74) is 8.83. The molecular formula is C14H10N4O. The highest BCUT2D eigenvalue weighted by molar-refractivity contribution is 5.79. The van der Waals surface area contributed by atoms with Crippen molar-refractivity contribution in [3.05, 3.63) is 48.0 Å². The first-order chi connectivity index (χ1) is 9.26. The first-order valence-electron chi connectivity index (χ1n) is 5.68. The molecule has 0 aliphatic heterocycles. The van der Waals surface area contributed by atoms with Gasteiger partial charge in [0, 0.05) is 5.69 Å². The summed E-state index contributed by atoms with van der Waals surface area (Å²) in [6, 6.07) is 14.9. The van der Waals surface area contributed by atoms with E-state index in [9.17, 15) is 0 Å². The van der Waals surface area contributed by atoms with E-state index in [0.717, 1.165) is 0 Å². The van der Waals surface area contributed by atoms with E-state index in [4.69, 9.17) is 15.4 Å². The summed E-state index contributed by atoms with van der Waals surface area (Å²) in [5.74, 6) is 0. The van der Waals surface area contributed by atoms with E-state index in [1.807, 2.05) is 6.07 Å². The standard InChI is InChI=1S/C14H10N4O/c15-8-9-3-1-2-4-11(9)17-14-18-12-7-10(16)5-6-13(12)19-14/h1-7H,16H2,(H,17,18). The maximum Gasteiger partial charge on any atom is 0.300 e. The summed E-state index contributed by atoms with van der Waals surface area (Å²) in [4.78, 5) is 4.28. The number of anilines is 3. The molecular weight excluding hydrogens is 240 g/mol. The van der Waals surface area contributed by atoms with Crippen LogP contribution in [-0.4, -0.2) is 4.98 Å². The molecule has 5 nitrogen and oxygen atoms in total. The van der Waals surface area contributed by atoms with Crippen LogP contribution >= 0.6 is 0 Å². The highest BCUT2D eigenvalue weighted by Gasteiger charge is 2.08. The SMILES string of the molecule is N#Cc1ccccc1Nc1nc2cc(N)ccc2o1. The van der Waals surface area contributed by atoms with Crippen molar-refractivity contribution in [2.45, 2.75) is 0 Å². The van der Waals surface area contributed by atoms with Crippen molar-refractivity contribution < 1.29 is 4.42 Å². The fourth-order valence-electron chi connectivity index (χ4n) is 1.80. The lowest BCUT2D eigenvalue weighted by Gasteiger charge is -2.02. The van der Waals surface area contributed by atoms with Gasteiger partial charge in [-0.05, 0) is 30.3 Å². The van der Waals surface area contributed by atoms with Gasteiger partial charge in [-0.25, -0.2) is 0 Å². The first-order valence-corrected chi connectivity index (χ1v) is 5.68. The fraction of sp³-hybridized carbons (Fsp3) is 0. The summed E-state index contributed by atoms with van der Waals surface area (Å²) in [7, 11) is 0. The van der Waals surface area contributed by atoms with Crippen molar-refractivity contribution in [2.24, 2.45) is 0 Å². The number of hydrogen-bond acceptors (Lipinski definition) is 5. The Bertz CT molecular complexity index is 785. The van der Waals surface area contributed by atoms with E-state index in [2.05, 4.69) is 16.4 Å². The molecule has 1 heterocycles. The highest BCUT2D eigenvalue weighted by atomic mass is 16.4. The van der Waals surface area contributed by atoms with Crippen LogP contribution in [0.3, 0.4) is 0 Å². The molecule has 5 heteroatoms. The van der Waals surface area contributed by atoms with Gasteiger partial charge in [0.25, 0.3) is 6.01 Å². The van der Waals surface area contributed by atoms with Crippen LogP contribution < -0.4 is 11.1 Å². The number of nitrogens with zero attached hydrogens (tertiary/aromatic N) is 2. The number of nitrogen functional groups attached to an aromatic ring is 1. The number of fused-ring (bicyclic) bond motifs is 1. The van der Waals surface area contributed by atoms with Gasteiger partial charge in [-0.2, -0.15) is 10.2 Å². The highest BCUT2D eigenvalue weighted by Crippen LogP contribution is 2.24. The molecule has 3 rings (SSSR count). The van der Waals surface area contributed by atoms with Gasteiger partial charge >= 0.3 is 0 Å². The Kier molecular flexibility index (Phi) is 2.54. The Labute approximate surface area is 109 Å². The largest absolute Gasteiger partial charge is 0.423 e. The van der Waals surface area contributed by atoms with Crippen LogP contribution in [0.15, 0.2) is 46.9 Å². The van der Waals surface area contributed by atoms with Gasteiger partial charge < -0.3 is 15.5 Å². The minimum absolute atomic E-state index is 0.336. The van der Waals surface area contributed by atoms with Crippen molar-refractivity contribution in [3.63, 3.8) is 0 Å². The van der Waals surface area contributed by atoms with Crippen molar-refractivity contribution >= 4 is 28.5 Å². The summed E-state index contributed by atoms with van der Waals surface area (Å²) >= 11 is 0. The number of nitrogens with one attached hydrogen (secondary N) is 1. The predicted octanol–water partition coefficient (Wildman–Crippen LogP) is 3.03. The third-order valence-electron chi connectivity index (χ3n) is 2.70. The second-order valence-electron chi connectivity index (χ2n) is 4.03. The summed E-state index contributed by atoms with van der Waals surface area (Å²) in [5, 5.41) is 12.0. The summed E-state index contributed by atoms with van der Waals surface area (Å²) < 4.78 is 5.54. The lowest BCUT2D eigenvalue weighted by Crippen LogP contribution is -1.92. The van der Waals surface area contributed by atoms with E-state index in [-0.39, 0.29) is 0 Å². The lowest BCUT2D eigenvalue weighted by atomic mass is 10.2. The number of hydrogen-bond donors (Lipinski definition) is 2. The number of para-hydroxylation sites is 1. The molecule has 92 valence electrons. The third kappa shape index (κ3) is 2.07. The second kappa shape index (κ2) is 4.35. The molecule has 0 spiro atoms. The Hall–Kier alpha value is -3.00. The van der Waals surface area contributed by atoms with E-state index in [1.54, 1.807) is 36.4 Å². The molecule has 2 aromatic carbocycles. The molecule has 0 bridgehead atoms. The Morgan fingerprint density at radius 2 is 2.05 bits per heavy atom. The number of rotatable bonds is 2. The molecule has 0 aliphatic carbocycles. The average Bonchev–Trinajstić information content (AvgIpc) is 2.80. The molecule has 0 unspecified atom stereocenters. The zero-order chi connectivity index (χ0) is 13.2. The number of nitriles is 1. The molecule has 0 amide bonds.